The van der Waals surface area contributed by atoms with Crippen molar-refractivity contribution in [3.8, 4) is 0 Å². The molecule has 1 fully saturated rings. The van der Waals surface area contributed by atoms with Gasteiger partial charge in [-0.2, -0.15) is 9.37 Å². The number of aromatic nitrogens is 1. The first-order valence-electron chi connectivity index (χ1n) is 4.92. The Labute approximate surface area is 85.5 Å². The maximum absolute atomic E-state index is 13.1. The van der Waals surface area contributed by atoms with Crippen LogP contribution in [0.2, 0.25) is 0 Å². The van der Waals surface area contributed by atoms with Crippen LogP contribution in [0.3, 0.4) is 0 Å². The van der Waals surface area contributed by atoms with Gasteiger partial charge in [0.15, 0.2) is 17.5 Å². The Hall–Kier alpha value is -1.26. The lowest BCUT2D eigenvalue weighted by Gasteiger charge is -2.25. The van der Waals surface area contributed by atoms with Crippen molar-refractivity contribution in [2.75, 3.05) is 11.9 Å². The minimum atomic E-state index is -1.27. The van der Waals surface area contributed by atoms with Crippen LogP contribution in [0.25, 0.3) is 0 Å². The standard InChI is InChI=1S/C10H11F3N2/c11-7-4-8(12)10(15-9(7)13)14-5-6-2-1-3-6/h4,6H,1-3,5H2,(H,14,15). The Bertz CT molecular complexity index is 364. The SMILES string of the molecule is Fc1cc(F)c(NCC2CCC2)nc1F. The summed E-state index contributed by atoms with van der Waals surface area (Å²) in [6.07, 6.45) is 3.37. The first-order valence-corrected chi connectivity index (χ1v) is 4.92. The summed E-state index contributed by atoms with van der Waals surface area (Å²) in [5.41, 5.74) is 0. The van der Waals surface area contributed by atoms with Gasteiger partial charge in [0.1, 0.15) is 0 Å². The first-order chi connectivity index (χ1) is 7.16. The van der Waals surface area contributed by atoms with Crippen LogP contribution in [-0.2, 0) is 0 Å². The fraction of sp³-hybridized carbons (Fsp3) is 0.500. The van der Waals surface area contributed by atoms with Crippen molar-refractivity contribution in [2.24, 2.45) is 5.92 Å². The summed E-state index contributed by atoms with van der Waals surface area (Å²) in [6.45, 7) is 0.564. The van der Waals surface area contributed by atoms with E-state index >= 15 is 0 Å². The van der Waals surface area contributed by atoms with Gasteiger partial charge in [0.05, 0.1) is 0 Å². The molecule has 0 bridgehead atoms. The topological polar surface area (TPSA) is 24.9 Å². The van der Waals surface area contributed by atoms with Gasteiger partial charge in [0.25, 0.3) is 5.95 Å². The third kappa shape index (κ3) is 2.22. The molecule has 2 nitrogen and oxygen atoms in total. The average Bonchev–Trinajstić information content (AvgIpc) is 2.11. The normalized spacial score (nSPS) is 16.2. The van der Waals surface area contributed by atoms with Gasteiger partial charge in [-0.3, -0.25) is 0 Å². The molecule has 2 rings (SSSR count). The van der Waals surface area contributed by atoms with E-state index in [1.54, 1.807) is 0 Å². The maximum Gasteiger partial charge on any atom is 0.251 e. The second-order valence-electron chi connectivity index (χ2n) is 3.77. The van der Waals surface area contributed by atoms with E-state index in [2.05, 4.69) is 10.3 Å². The highest BCUT2D eigenvalue weighted by molar-refractivity contribution is 5.36. The van der Waals surface area contributed by atoms with E-state index in [0.717, 1.165) is 12.8 Å². The minimum Gasteiger partial charge on any atom is -0.367 e. The molecule has 0 atom stereocenters. The molecule has 0 aliphatic heterocycles. The number of anilines is 1. The molecular weight excluding hydrogens is 205 g/mol. The second kappa shape index (κ2) is 4.08. The molecule has 0 saturated heterocycles. The van der Waals surface area contributed by atoms with Crippen LogP contribution in [0, 0.1) is 23.5 Å². The van der Waals surface area contributed by atoms with Crippen LogP contribution >= 0.6 is 0 Å². The lowest BCUT2D eigenvalue weighted by atomic mass is 9.85. The highest BCUT2D eigenvalue weighted by Gasteiger charge is 2.18. The number of hydrogen-bond donors (Lipinski definition) is 1. The summed E-state index contributed by atoms with van der Waals surface area (Å²) in [6, 6.07) is 0.505. The molecule has 1 aliphatic rings. The van der Waals surface area contributed by atoms with Gasteiger partial charge in [0.2, 0.25) is 0 Å². The molecule has 1 N–H and O–H groups in total. The molecule has 5 heteroatoms. The van der Waals surface area contributed by atoms with Crippen molar-refractivity contribution in [1.82, 2.24) is 4.98 Å². The van der Waals surface area contributed by atoms with Crippen molar-refractivity contribution in [1.29, 1.82) is 0 Å². The summed E-state index contributed by atoms with van der Waals surface area (Å²) in [5.74, 6) is -3.09. The van der Waals surface area contributed by atoms with Gasteiger partial charge >= 0.3 is 0 Å². The Kier molecular flexibility index (Phi) is 2.79. The molecule has 0 amide bonds. The molecule has 1 aromatic heterocycles. The van der Waals surface area contributed by atoms with Crippen molar-refractivity contribution >= 4 is 5.82 Å². The van der Waals surface area contributed by atoms with Crippen molar-refractivity contribution in [3.63, 3.8) is 0 Å². The van der Waals surface area contributed by atoms with Crippen LogP contribution in [-0.4, -0.2) is 11.5 Å². The number of nitrogens with one attached hydrogen (secondary N) is 1. The van der Waals surface area contributed by atoms with E-state index < -0.39 is 17.6 Å². The largest absolute Gasteiger partial charge is 0.367 e. The second-order valence-corrected chi connectivity index (χ2v) is 3.77. The number of rotatable bonds is 3. The molecule has 0 radical (unpaired) electrons. The molecule has 1 saturated carbocycles. The zero-order chi connectivity index (χ0) is 10.8. The van der Waals surface area contributed by atoms with Gasteiger partial charge < -0.3 is 5.32 Å². The van der Waals surface area contributed by atoms with Gasteiger partial charge in [-0.1, -0.05) is 6.42 Å². The van der Waals surface area contributed by atoms with Crippen LogP contribution in [0.1, 0.15) is 19.3 Å². The van der Waals surface area contributed by atoms with Crippen molar-refractivity contribution < 1.29 is 13.2 Å². The highest BCUT2D eigenvalue weighted by atomic mass is 19.2. The van der Waals surface area contributed by atoms with E-state index in [4.69, 9.17) is 0 Å². The molecule has 82 valence electrons. The first kappa shape index (κ1) is 10.3. The van der Waals surface area contributed by atoms with E-state index in [1.807, 2.05) is 0 Å². The molecule has 15 heavy (non-hydrogen) atoms. The van der Waals surface area contributed by atoms with Gasteiger partial charge in [-0.05, 0) is 18.8 Å². The molecule has 1 aromatic rings. The monoisotopic (exact) mass is 216 g/mol. The number of halogens is 3. The third-order valence-corrected chi connectivity index (χ3v) is 2.67. The van der Waals surface area contributed by atoms with Gasteiger partial charge in [-0.15, -0.1) is 0 Å². The molecule has 1 aliphatic carbocycles. The average molecular weight is 216 g/mol. The molecule has 0 aromatic carbocycles. The quantitative estimate of drug-likeness (QED) is 0.786. The summed E-state index contributed by atoms with van der Waals surface area (Å²) in [4.78, 5) is 3.17. The summed E-state index contributed by atoms with van der Waals surface area (Å²) in [7, 11) is 0. The third-order valence-electron chi connectivity index (χ3n) is 2.67. The van der Waals surface area contributed by atoms with Crippen molar-refractivity contribution in [3.05, 3.63) is 23.6 Å². The number of nitrogens with zero attached hydrogens (tertiary/aromatic N) is 1. The Balaban J connectivity index is 2.03. The zero-order valence-electron chi connectivity index (χ0n) is 8.06. The number of hydrogen-bond acceptors (Lipinski definition) is 2. The molecule has 0 unspecified atom stereocenters. The summed E-state index contributed by atoms with van der Waals surface area (Å²) in [5, 5.41) is 2.69. The number of pyridine rings is 1. The lowest BCUT2D eigenvalue weighted by Crippen LogP contribution is -2.22. The predicted octanol–water partition coefficient (Wildman–Crippen LogP) is 2.71. The van der Waals surface area contributed by atoms with Crippen LogP contribution in [0.5, 0.6) is 0 Å². The van der Waals surface area contributed by atoms with Gasteiger partial charge in [-0.25, -0.2) is 8.78 Å². The lowest BCUT2D eigenvalue weighted by molar-refractivity contribution is 0.332. The van der Waals surface area contributed by atoms with E-state index in [1.165, 1.54) is 6.42 Å². The highest BCUT2D eigenvalue weighted by Crippen LogP contribution is 2.26. The Morgan fingerprint density at radius 2 is 2.00 bits per heavy atom. The molecular formula is C10H11F3N2. The zero-order valence-corrected chi connectivity index (χ0v) is 8.06. The van der Waals surface area contributed by atoms with E-state index in [-0.39, 0.29) is 5.82 Å². The van der Waals surface area contributed by atoms with E-state index in [0.29, 0.717) is 18.5 Å². The maximum atomic E-state index is 13.1. The van der Waals surface area contributed by atoms with Crippen LogP contribution in [0.15, 0.2) is 6.07 Å². The summed E-state index contributed by atoms with van der Waals surface area (Å²) >= 11 is 0. The van der Waals surface area contributed by atoms with Crippen molar-refractivity contribution in [2.45, 2.75) is 19.3 Å². The Morgan fingerprint density at radius 1 is 1.27 bits per heavy atom. The minimum absolute atomic E-state index is 0.208. The predicted molar refractivity (Wildman–Crippen MR) is 49.9 cm³/mol. The van der Waals surface area contributed by atoms with Crippen LogP contribution in [0.4, 0.5) is 19.0 Å². The Morgan fingerprint density at radius 3 is 2.60 bits per heavy atom. The molecule has 0 spiro atoms. The molecule has 1 heterocycles. The van der Waals surface area contributed by atoms with E-state index in [9.17, 15) is 13.2 Å². The fourth-order valence-electron chi connectivity index (χ4n) is 1.51. The van der Waals surface area contributed by atoms with Crippen LogP contribution < -0.4 is 5.32 Å². The smallest absolute Gasteiger partial charge is 0.251 e. The summed E-state index contributed by atoms with van der Waals surface area (Å²) < 4.78 is 38.3. The van der Waals surface area contributed by atoms with Gasteiger partial charge in [0, 0.05) is 12.6 Å². The fourth-order valence-corrected chi connectivity index (χ4v) is 1.51.